The van der Waals surface area contributed by atoms with E-state index >= 15 is 0 Å². The average molecular weight is 438 g/mol. The Morgan fingerprint density at radius 1 is 1.00 bits per heavy atom. The highest BCUT2D eigenvalue weighted by Crippen LogP contribution is 2.36. The summed E-state index contributed by atoms with van der Waals surface area (Å²) in [6, 6.07) is 7.90. The van der Waals surface area contributed by atoms with E-state index < -0.39 is 11.7 Å². The Labute approximate surface area is 182 Å². The second-order valence-corrected chi connectivity index (χ2v) is 7.94. The molecule has 1 saturated heterocycles. The van der Waals surface area contributed by atoms with Crippen LogP contribution in [0.4, 0.5) is 19.0 Å². The Morgan fingerprint density at radius 3 is 2.59 bits per heavy atom. The molecule has 9 heteroatoms. The highest BCUT2D eigenvalue weighted by Gasteiger charge is 2.32. The van der Waals surface area contributed by atoms with Crippen LogP contribution < -0.4 is 11.1 Å². The van der Waals surface area contributed by atoms with Gasteiger partial charge in [0.25, 0.3) is 0 Å². The van der Waals surface area contributed by atoms with Gasteiger partial charge in [-0.15, -0.1) is 0 Å². The van der Waals surface area contributed by atoms with E-state index in [1.54, 1.807) is 24.5 Å². The Hall–Kier alpha value is -3.46. The lowest BCUT2D eigenvalue weighted by Crippen LogP contribution is -2.29. The van der Waals surface area contributed by atoms with Crippen LogP contribution in [-0.4, -0.2) is 32.8 Å². The molecule has 0 unspecified atom stereocenters. The van der Waals surface area contributed by atoms with Crippen LogP contribution in [0.15, 0.2) is 55.1 Å². The molecule has 3 aromatic heterocycles. The maximum absolute atomic E-state index is 13.3. The zero-order valence-corrected chi connectivity index (χ0v) is 17.1. The zero-order chi connectivity index (χ0) is 22.3. The molecular weight excluding hydrogens is 417 g/mol. The van der Waals surface area contributed by atoms with Gasteiger partial charge in [-0.3, -0.25) is 9.67 Å². The molecule has 3 N–H and O–H groups in total. The Bertz CT molecular complexity index is 1270. The van der Waals surface area contributed by atoms with Crippen molar-refractivity contribution in [1.29, 1.82) is 0 Å². The molecular formula is C23H21F3N6. The number of hydrogen-bond acceptors (Lipinski definition) is 5. The van der Waals surface area contributed by atoms with Crippen LogP contribution >= 0.6 is 0 Å². The predicted octanol–water partition coefficient (Wildman–Crippen LogP) is 4.69. The van der Waals surface area contributed by atoms with E-state index in [0.29, 0.717) is 22.7 Å². The van der Waals surface area contributed by atoms with Gasteiger partial charge in [0.2, 0.25) is 0 Å². The number of nitrogen functional groups attached to an aromatic ring is 1. The molecule has 0 radical (unpaired) electrons. The van der Waals surface area contributed by atoms with Crippen molar-refractivity contribution < 1.29 is 13.2 Å². The predicted molar refractivity (Wildman–Crippen MR) is 117 cm³/mol. The monoisotopic (exact) mass is 438 g/mol. The summed E-state index contributed by atoms with van der Waals surface area (Å²) in [5.41, 5.74) is 8.15. The van der Waals surface area contributed by atoms with Gasteiger partial charge in [-0.05, 0) is 49.5 Å². The van der Waals surface area contributed by atoms with Crippen molar-refractivity contribution in [3.05, 3.63) is 60.7 Å². The number of rotatable bonds is 3. The van der Waals surface area contributed by atoms with Crippen LogP contribution in [0.2, 0.25) is 0 Å². The molecule has 0 amide bonds. The number of anilines is 1. The van der Waals surface area contributed by atoms with E-state index in [1.165, 1.54) is 12.3 Å². The largest absolute Gasteiger partial charge is 0.417 e. The highest BCUT2D eigenvalue weighted by atomic mass is 19.4. The van der Waals surface area contributed by atoms with Crippen LogP contribution in [-0.2, 0) is 6.18 Å². The summed E-state index contributed by atoms with van der Waals surface area (Å²) in [4.78, 5) is 8.58. The first-order valence-corrected chi connectivity index (χ1v) is 10.4. The van der Waals surface area contributed by atoms with E-state index in [4.69, 9.17) is 5.73 Å². The maximum atomic E-state index is 13.3. The molecule has 0 atom stereocenters. The van der Waals surface area contributed by atoms with Gasteiger partial charge in [0.05, 0.1) is 23.5 Å². The number of aromatic nitrogens is 4. The second kappa shape index (κ2) is 7.90. The number of nitrogens with zero attached hydrogens (tertiary/aromatic N) is 4. The molecule has 4 heterocycles. The van der Waals surface area contributed by atoms with Gasteiger partial charge in [-0.1, -0.05) is 12.1 Å². The third-order valence-electron chi connectivity index (χ3n) is 5.88. The van der Waals surface area contributed by atoms with Gasteiger partial charge in [-0.2, -0.15) is 18.3 Å². The highest BCUT2D eigenvalue weighted by molar-refractivity contribution is 5.90. The minimum atomic E-state index is -4.45. The smallest absolute Gasteiger partial charge is 0.383 e. The molecule has 0 aliphatic carbocycles. The van der Waals surface area contributed by atoms with Crippen molar-refractivity contribution in [3.8, 4) is 22.4 Å². The number of nitrogens with two attached hydrogens (primary N) is 1. The molecule has 1 fully saturated rings. The Balaban J connectivity index is 1.52. The summed E-state index contributed by atoms with van der Waals surface area (Å²) in [6.07, 6.45) is 4.30. The van der Waals surface area contributed by atoms with Crippen molar-refractivity contribution in [1.82, 2.24) is 25.1 Å². The number of pyridine rings is 2. The van der Waals surface area contributed by atoms with Gasteiger partial charge in [0.15, 0.2) is 0 Å². The molecule has 164 valence electrons. The molecule has 32 heavy (non-hydrogen) atoms. The van der Waals surface area contributed by atoms with Crippen LogP contribution in [0, 0.1) is 0 Å². The summed E-state index contributed by atoms with van der Waals surface area (Å²) in [5, 5.41) is 8.36. The van der Waals surface area contributed by atoms with Gasteiger partial charge in [-0.25, -0.2) is 4.98 Å². The molecule has 6 nitrogen and oxygen atoms in total. The molecule has 4 aromatic rings. The van der Waals surface area contributed by atoms with Gasteiger partial charge < -0.3 is 11.1 Å². The number of hydrogen-bond donors (Lipinski definition) is 2. The van der Waals surface area contributed by atoms with Crippen molar-refractivity contribution in [3.63, 3.8) is 0 Å². The lowest BCUT2D eigenvalue weighted by Gasteiger charge is -2.22. The number of piperidine rings is 1. The van der Waals surface area contributed by atoms with Crippen molar-refractivity contribution in [2.75, 3.05) is 18.8 Å². The summed E-state index contributed by atoms with van der Waals surface area (Å²) in [7, 11) is 0. The Morgan fingerprint density at radius 2 is 1.81 bits per heavy atom. The average Bonchev–Trinajstić information content (AvgIpc) is 3.29. The van der Waals surface area contributed by atoms with E-state index in [0.717, 1.165) is 43.1 Å². The lowest BCUT2D eigenvalue weighted by molar-refractivity contribution is -0.136. The third kappa shape index (κ3) is 3.80. The van der Waals surface area contributed by atoms with Crippen LogP contribution in [0.3, 0.4) is 0 Å². The first kappa shape index (κ1) is 20.4. The maximum Gasteiger partial charge on any atom is 0.417 e. The fourth-order valence-electron chi connectivity index (χ4n) is 4.16. The van der Waals surface area contributed by atoms with Crippen molar-refractivity contribution in [2.24, 2.45) is 0 Å². The minimum Gasteiger partial charge on any atom is -0.383 e. The number of nitrogens with one attached hydrogen (secondary N) is 1. The molecule has 0 spiro atoms. The molecule has 1 aromatic carbocycles. The van der Waals surface area contributed by atoms with Crippen molar-refractivity contribution >= 4 is 16.6 Å². The summed E-state index contributed by atoms with van der Waals surface area (Å²) < 4.78 is 41.9. The molecule has 1 aliphatic heterocycles. The van der Waals surface area contributed by atoms with Gasteiger partial charge in [0, 0.05) is 40.7 Å². The van der Waals surface area contributed by atoms with Crippen LogP contribution in [0.25, 0.3) is 33.2 Å². The summed E-state index contributed by atoms with van der Waals surface area (Å²) >= 11 is 0. The normalized spacial score (nSPS) is 15.3. The minimum absolute atomic E-state index is 0.0506. The topological polar surface area (TPSA) is 81.6 Å². The fourth-order valence-corrected chi connectivity index (χ4v) is 4.16. The summed E-state index contributed by atoms with van der Waals surface area (Å²) in [5.74, 6) is 0.262. The number of benzene rings is 1. The standard InChI is InChI=1S/C23H21F3N6/c24-23(25,26)20-3-1-2-14-9-21(29-12-19(14)20)18-8-15(10-30-22(18)27)16-11-31-32(13-16)17-4-6-28-7-5-17/h1-3,8-13,17,28H,4-7H2,(H2,27,30). The van der Waals surface area contributed by atoms with Crippen LogP contribution in [0.5, 0.6) is 0 Å². The first-order chi connectivity index (χ1) is 15.4. The van der Waals surface area contributed by atoms with Crippen molar-refractivity contribution in [2.45, 2.75) is 25.1 Å². The number of alkyl halides is 3. The lowest BCUT2D eigenvalue weighted by atomic mass is 10.0. The van der Waals surface area contributed by atoms with E-state index in [9.17, 15) is 13.2 Å². The fraction of sp³-hybridized carbons (Fsp3) is 0.261. The molecule has 5 rings (SSSR count). The van der Waals surface area contributed by atoms with Gasteiger partial charge in [0.1, 0.15) is 5.82 Å². The third-order valence-corrected chi connectivity index (χ3v) is 5.88. The van der Waals surface area contributed by atoms with E-state index in [1.807, 2.05) is 16.9 Å². The number of halogens is 3. The first-order valence-electron chi connectivity index (χ1n) is 10.4. The quantitative estimate of drug-likeness (QED) is 0.485. The second-order valence-electron chi connectivity index (χ2n) is 7.94. The Kier molecular flexibility index (Phi) is 5.05. The number of fused-ring (bicyclic) bond motifs is 1. The van der Waals surface area contributed by atoms with Crippen LogP contribution in [0.1, 0.15) is 24.4 Å². The SMILES string of the molecule is Nc1ncc(-c2cnn(C3CCNCC3)c2)cc1-c1cc2cccc(C(F)(F)F)c2cn1. The van der Waals surface area contributed by atoms with E-state index in [2.05, 4.69) is 20.4 Å². The molecule has 0 saturated carbocycles. The molecule has 0 bridgehead atoms. The summed E-state index contributed by atoms with van der Waals surface area (Å²) in [6.45, 7) is 1.94. The van der Waals surface area contributed by atoms with E-state index in [-0.39, 0.29) is 11.2 Å². The zero-order valence-electron chi connectivity index (χ0n) is 17.1. The molecule has 1 aliphatic rings. The van der Waals surface area contributed by atoms with Gasteiger partial charge >= 0.3 is 6.18 Å².